The van der Waals surface area contributed by atoms with Crippen molar-refractivity contribution in [2.45, 2.75) is 0 Å². The molecule has 0 aliphatic carbocycles. The lowest BCUT2D eigenvalue weighted by atomic mass is 10.2. The van der Waals surface area contributed by atoms with Gasteiger partial charge < -0.3 is 5.32 Å². The van der Waals surface area contributed by atoms with Crippen LogP contribution < -0.4 is 5.32 Å². The Balaban J connectivity index is 2.25. The summed E-state index contributed by atoms with van der Waals surface area (Å²) in [6, 6.07) is 6.88. The first-order chi connectivity index (χ1) is 8.95. The number of aromatic nitrogens is 1. The standard InChI is InChI=1S/C12H6Cl2FIN2O/c13-10-3-6(4-11(14)18-10)12(19)17-9-2-1-7(15)5-8(9)16/h1-5H,(H,17,19). The van der Waals surface area contributed by atoms with Gasteiger partial charge in [-0.15, -0.1) is 0 Å². The maximum absolute atomic E-state index is 13.0. The van der Waals surface area contributed by atoms with Crippen LogP contribution in [0.15, 0.2) is 30.3 Å². The van der Waals surface area contributed by atoms with Crippen LogP contribution in [0, 0.1) is 9.39 Å². The van der Waals surface area contributed by atoms with Crippen molar-refractivity contribution in [3.63, 3.8) is 0 Å². The second-order valence-corrected chi connectivity index (χ2v) is 5.52. The van der Waals surface area contributed by atoms with Crippen LogP contribution in [0.1, 0.15) is 10.4 Å². The normalized spacial score (nSPS) is 10.3. The van der Waals surface area contributed by atoms with Crippen molar-refractivity contribution in [2.24, 2.45) is 0 Å². The van der Waals surface area contributed by atoms with Gasteiger partial charge in [0.05, 0.1) is 5.69 Å². The van der Waals surface area contributed by atoms with Crippen LogP contribution in [0.25, 0.3) is 0 Å². The molecule has 1 aromatic heterocycles. The highest BCUT2D eigenvalue weighted by Gasteiger charge is 2.11. The van der Waals surface area contributed by atoms with Gasteiger partial charge in [0.25, 0.3) is 5.91 Å². The van der Waals surface area contributed by atoms with E-state index < -0.39 is 5.91 Å². The second-order valence-electron chi connectivity index (χ2n) is 3.58. The van der Waals surface area contributed by atoms with Gasteiger partial charge in [-0.25, -0.2) is 9.37 Å². The van der Waals surface area contributed by atoms with Crippen molar-refractivity contribution < 1.29 is 9.18 Å². The maximum Gasteiger partial charge on any atom is 0.255 e. The van der Waals surface area contributed by atoms with Crippen molar-refractivity contribution in [1.82, 2.24) is 4.98 Å². The number of nitrogens with zero attached hydrogens (tertiary/aromatic N) is 1. The van der Waals surface area contributed by atoms with E-state index in [1.54, 1.807) is 0 Å². The largest absolute Gasteiger partial charge is 0.321 e. The molecule has 7 heteroatoms. The summed E-state index contributed by atoms with van der Waals surface area (Å²) in [4.78, 5) is 15.8. The van der Waals surface area contributed by atoms with Gasteiger partial charge in [0.2, 0.25) is 0 Å². The molecule has 1 N–H and O–H groups in total. The van der Waals surface area contributed by atoms with Crippen LogP contribution in [-0.2, 0) is 0 Å². The molecule has 3 nitrogen and oxygen atoms in total. The Bertz CT molecular complexity index is 631. The van der Waals surface area contributed by atoms with E-state index in [0.29, 0.717) is 9.26 Å². The molecular weight excluding hydrogens is 405 g/mol. The molecule has 0 atom stereocenters. The Morgan fingerprint density at radius 1 is 1.21 bits per heavy atom. The lowest BCUT2D eigenvalue weighted by Crippen LogP contribution is -2.13. The van der Waals surface area contributed by atoms with Crippen LogP contribution in [-0.4, -0.2) is 10.9 Å². The number of hydrogen-bond acceptors (Lipinski definition) is 2. The molecule has 0 radical (unpaired) electrons. The summed E-state index contributed by atoms with van der Waals surface area (Å²) in [6.07, 6.45) is 0. The number of halogens is 4. The van der Waals surface area contributed by atoms with Crippen molar-refractivity contribution in [2.75, 3.05) is 5.32 Å². The first-order valence-corrected chi connectivity index (χ1v) is 6.88. The van der Waals surface area contributed by atoms with Crippen LogP contribution in [0.5, 0.6) is 0 Å². The topological polar surface area (TPSA) is 42.0 Å². The lowest BCUT2D eigenvalue weighted by Gasteiger charge is -2.08. The average molecular weight is 411 g/mol. The third-order valence-corrected chi connectivity index (χ3v) is 3.48. The summed E-state index contributed by atoms with van der Waals surface area (Å²) in [5, 5.41) is 2.91. The fourth-order valence-corrected chi connectivity index (χ4v) is 2.45. The molecule has 0 aliphatic rings. The third kappa shape index (κ3) is 3.77. The highest BCUT2D eigenvalue weighted by molar-refractivity contribution is 14.1. The van der Waals surface area contributed by atoms with Crippen LogP contribution in [0.2, 0.25) is 10.3 Å². The van der Waals surface area contributed by atoms with Gasteiger partial charge in [-0.05, 0) is 52.9 Å². The van der Waals surface area contributed by atoms with E-state index in [1.165, 1.54) is 30.3 Å². The zero-order chi connectivity index (χ0) is 14.0. The van der Waals surface area contributed by atoms with Gasteiger partial charge in [0.15, 0.2) is 0 Å². The van der Waals surface area contributed by atoms with Gasteiger partial charge in [-0.3, -0.25) is 4.79 Å². The number of benzene rings is 1. The second kappa shape index (κ2) is 6.02. The monoisotopic (exact) mass is 410 g/mol. The minimum absolute atomic E-state index is 0.131. The number of anilines is 1. The SMILES string of the molecule is O=C(Nc1ccc(F)cc1I)c1cc(Cl)nc(Cl)c1. The minimum atomic E-state index is -0.393. The predicted molar refractivity (Wildman–Crippen MR) is 81.3 cm³/mol. The van der Waals surface area contributed by atoms with E-state index >= 15 is 0 Å². The molecule has 98 valence electrons. The van der Waals surface area contributed by atoms with E-state index in [0.717, 1.165) is 0 Å². The Morgan fingerprint density at radius 3 is 2.42 bits per heavy atom. The summed E-state index contributed by atoms with van der Waals surface area (Å²) < 4.78 is 13.5. The number of carbonyl (C=O) groups excluding carboxylic acids is 1. The molecule has 0 aliphatic heterocycles. The molecule has 0 saturated heterocycles. The Morgan fingerprint density at radius 2 is 1.84 bits per heavy atom. The molecule has 1 heterocycles. The van der Waals surface area contributed by atoms with Crippen LogP contribution in [0.4, 0.5) is 10.1 Å². The number of pyridine rings is 1. The quantitative estimate of drug-likeness (QED) is 0.589. The molecular formula is C12H6Cl2FIN2O. The highest BCUT2D eigenvalue weighted by atomic mass is 127. The van der Waals surface area contributed by atoms with Crippen molar-refractivity contribution in [3.05, 3.63) is 55.6 Å². The smallest absolute Gasteiger partial charge is 0.255 e. The molecule has 0 fully saturated rings. The molecule has 0 unspecified atom stereocenters. The average Bonchev–Trinajstić information content (AvgIpc) is 2.31. The first kappa shape index (κ1) is 14.5. The van der Waals surface area contributed by atoms with Crippen molar-refractivity contribution in [1.29, 1.82) is 0 Å². The molecule has 19 heavy (non-hydrogen) atoms. The molecule has 1 aromatic carbocycles. The zero-order valence-electron chi connectivity index (χ0n) is 9.25. The predicted octanol–water partition coefficient (Wildman–Crippen LogP) is 4.38. The van der Waals surface area contributed by atoms with E-state index in [1.807, 2.05) is 22.6 Å². The fraction of sp³-hybridized carbons (Fsp3) is 0. The van der Waals surface area contributed by atoms with Crippen LogP contribution >= 0.6 is 45.8 Å². The van der Waals surface area contributed by atoms with E-state index in [-0.39, 0.29) is 21.7 Å². The first-order valence-electron chi connectivity index (χ1n) is 5.05. The summed E-state index contributed by atoms with van der Waals surface area (Å²) in [5.41, 5.74) is 0.793. The Kier molecular flexibility index (Phi) is 4.59. The van der Waals surface area contributed by atoms with Crippen molar-refractivity contribution >= 4 is 57.4 Å². The van der Waals surface area contributed by atoms with Crippen molar-refractivity contribution in [3.8, 4) is 0 Å². The minimum Gasteiger partial charge on any atom is -0.321 e. The third-order valence-electron chi connectivity index (χ3n) is 2.20. The molecule has 0 saturated carbocycles. The number of rotatable bonds is 2. The summed E-state index contributed by atoms with van der Waals surface area (Å²) >= 11 is 13.4. The highest BCUT2D eigenvalue weighted by Crippen LogP contribution is 2.21. The molecule has 2 rings (SSSR count). The summed E-state index contributed by atoms with van der Waals surface area (Å²) in [5.74, 6) is -0.756. The Hall–Kier alpha value is -0.920. The molecule has 0 spiro atoms. The van der Waals surface area contributed by atoms with Gasteiger partial charge >= 0.3 is 0 Å². The lowest BCUT2D eigenvalue weighted by molar-refractivity contribution is 0.102. The molecule has 0 bridgehead atoms. The van der Waals surface area contributed by atoms with E-state index in [4.69, 9.17) is 23.2 Å². The van der Waals surface area contributed by atoms with E-state index in [2.05, 4.69) is 10.3 Å². The van der Waals surface area contributed by atoms with Gasteiger partial charge in [0.1, 0.15) is 16.1 Å². The number of amides is 1. The number of nitrogens with one attached hydrogen (secondary N) is 1. The molecule has 1 amide bonds. The van der Waals surface area contributed by atoms with E-state index in [9.17, 15) is 9.18 Å². The summed E-state index contributed by atoms with van der Waals surface area (Å²) in [7, 11) is 0. The molecule has 2 aromatic rings. The zero-order valence-corrected chi connectivity index (χ0v) is 12.9. The maximum atomic E-state index is 13.0. The van der Waals surface area contributed by atoms with Gasteiger partial charge in [-0.1, -0.05) is 23.2 Å². The Labute approximate surface area is 132 Å². The van der Waals surface area contributed by atoms with Crippen LogP contribution in [0.3, 0.4) is 0 Å². The van der Waals surface area contributed by atoms with Gasteiger partial charge in [0, 0.05) is 9.13 Å². The summed E-state index contributed by atoms with van der Waals surface area (Å²) in [6.45, 7) is 0. The number of carbonyl (C=O) groups is 1. The fourth-order valence-electron chi connectivity index (χ4n) is 1.38. The van der Waals surface area contributed by atoms with Gasteiger partial charge in [-0.2, -0.15) is 0 Å². The number of hydrogen-bond donors (Lipinski definition) is 1.